The minimum absolute atomic E-state index is 0.262. The van der Waals surface area contributed by atoms with E-state index >= 15 is 0 Å². The van der Waals surface area contributed by atoms with Gasteiger partial charge in [-0.05, 0) is 68.4 Å². The lowest BCUT2D eigenvalue weighted by atomic mass is 9.84. The number of hydrogen-bond acceptors (Lipinski definition) is 4. The van der Waals surface area contributed by atoms with Gasteiger partial charge in [-0.1, -0.05) is 55.7 Å². The number of primary amides is 1. The second kappa shape index (κ2) is 13.5. The molecule has 3 amide bonds. The Labute approximate surface area is 206 Å². The molecule has 0 radical (unpaired) electrons. The van der Waals surface area contributed by atoms with Gasteiger partial charge in [-0.2, -0.15) is 0 Å². The van der Waals surface area contributed by atoms with E-state index in [0.29, 0.717) is 18.6 Å². The van der Waals surface area contributed by atoms with Gasteiger partial charge in [0.2, 0.25) is 12.3 Å². The molecule has 3 rings (SSSR count). The highest BCUT2D eigenvalue weighted by molar-refractivity contribution is 5.83. The zero-order chi connectivity index (χ0) is 25.8. The zero-order valence-corrected chi connectivity index (χ0v) is 20.7. The van der Waals surface area contributed by atoms with E-state index in [-0.39, 0.29) is 11.6 Å². The molecule has 0 bridgehead atoms. The smallest absolute Gasteiger partial charge is 0.407 e. The van der Waals surface area contributed by atoms with E-state index in [1.807, 2.05) is 20.8 Å². The molecule has 35 heavy (non-hydrogen) atoms. The van der Waals surface area contributed by atoms with Crippen LogP contribution in [0, 0.1) is 5.82 Å². The van der Waals surface area contributed by atoms with Crippen LogP contribution in [0.5, 0.6) is 0 Å². The first-order valence-corrected chi connectivity index (χ1v) is 11.9. The van der Waals surface area contributed by atoms with Crippen LogP contribution in [0.1, 0.15) is 81.5 Å². The third-order valence-electron chi connectivity index (χ3n) is 5.63. The largest absolute Gasteiger partial charge is 0.445 e. The Balaban J connectivity index is 0.000000269. The van der Waals surface area contributed by atoms with Crippen molar-refractivity contribution in [2.45, 2.75) is 77.0 Å². The highest BCUT2D eigenvalue weighted by Crippen LogP contribution is 2.32. The summed E-state index contributed by atoms with van der Waals surface area (Å²) >= 11 is 0. The Kier molecular flexibility index (Phi) is 10.7. The van der Waals surface area contributed by atoms with Gasteiger partial charge in [-0.25, -0.2) is 9.18 Å². The van der Waals surface area contributed by atoms with E-state index in [1.54, 1.807) is 0 Å². The predicted molar refractivity (Wildman–Crippen MR) is 133 cm³/mol. The molecule has 7 nitrogen and oxygen atoms in total. The minimum atomic E-state index is -0.909. The van der Waals surface area contributed by atoms with Crippen molar-refractivity contribution in [1.29, 1.82) is 0 Å². The van der Waals surface area contributed by atoms with Gasteiger partial charge in [-0.3, -0.25) is 9.59 Å². The fourth-order valence-electron chi connectivity index (χ4n) is 3.88. The SMILES string of the molecule is CC(C)(C)NC(=O)OCc1ccc(C2CCCCC2)cc1.NC(=O)C(NC=O)c1ccc(F)cc1. The molecule has 1 aliphatic rings. The lowest BCUT2D eigenvalue weighted by Crippen LogP contribution is -2.40. The van der Waals surface area contributed by atoms with Gasteiger partial charge in [0.25, 0.3) is 0 Å². The van der Waals surface area contributed by atoms with Crippen LogP contribution >= 0.6 is 0 Å². The summed E-state index contributed by atoms with van der Waals surface area (Å²) in [5.41, 5.74) is 7.70. The number of halogens is 1. The van der Waals surface area contributed by atoms with Crippen molar-refractivity contribution in [3.8, 4) is 0 Å². The standard InChI is InChI=1S/C18H27NO2.C9H9FN2O2/c1-18(2,3)19-17(20)21-13-14-9-11-16(12-10-14)15-7-5-4-6-8-15;10-7-3-1-6(2-4-7)8(9(11)14)12-5-13/h9-12,15H,4-8,13H2,1-3H3,(H,19,20);1-5,8H,(H2,11,14)(H,12,13). The Bertz CT molecular complexity index is 950. The zero-order valence-electron chi connectivity index (χ0n) is 20.7. The van der Waals surface area contributed by atoms with Gasteiger partial charge in [0.1, 0.15) is 18.5 Å². The van der Waals surface area contributed by atoms with E-state index in [2.05, 4.69) is 34.9 Å². The maximum Gasteiger partial charge on any atom is 0.407 e. The number of ether oxygens (including phenoxy) is 1. The monoisotopic (exact) mass is 485 g/mol. The molecule has 1 unspecified atom stereocenters. The molecular weight excluding hydrogens is 449 g/mol. The van der Waals surface area contributed by atoms with Gasteiger partial charge in [-0.15, -0.1) is 0 Å². The first-order chi connectivity index (χ1) is 16.6. The van der Waals surface area contributed by atoms with Crippen LogP contribution in [0.3, 0.4) is 0 Å². The lowest BCUT2D eigenvalue weighted by Gasteiger charge is -2.22. The summed E-state index contributed by atoms with van der Waals surface area (Å²) in [6.07, 6.45) is 6.71. The predicted octanol–water partition coefficient (Wildman–Crippen LogP) is 4.86. The number of nitrogens with one attached hydrogen (secondary N) is 2. The van der Waals surface area contributed by atoms with Crippen LogP contribution in [0.2, 0.25) is 0 Å². The molecule has 1 saturated carbocycles. The van der Waals surface area contributed by atoms with Gasteiger partial charge >= 0.3 is 6.09 Å². The van der Waals surface area contributed by atoms with Gasteiger partial charge in [0.05, 0.1) is 0 Å². The summed E-state index contributed by atoms with van der Waals surface area (Å²) in [4.78, 5) is 32.7. The number of amides is 3. The molecule has 0 heterocycles. The number of benzene rings is 2. The fraction of sp³-hybridized carbons (Fsp3) is 0.444. The van der Waals surface area contributed by atoms with E-state index in [4.69, 9.17) is 10.5 Å². The summed E-state index contributed by atoms with van der Waals surface area (Å²) in [6, 6.07) is 12.8. The molecule has 2 aromatic carbocycles. The molecule has 190 valence electrons. The Hall–Kier alpha value is -3.42. The minimum Gasteiger partial charge on any atom is -0.445 e. The van der Waals surface area contributed by atoms with Crippen LogP contribution in [-0.2, 0) is 20.9 Å². The summed E-state index contributed by atoms with van der Waals surface area (Å²) in [5, 5.41) is 5.03. The first kappa shape index (κ1) is 27.8. The molecule has 0 saturated heterocycles. The molecule has 1 aliphatic carbocycles. The Morgan fingerprint density at radius 1 is 1.06 bits per heavy atom. The van der Waals surface area contributed by atoms with Gasteiger partial charge < -0.3 is 21.1 Å². The highest BCUT2D eigenvalue weighted by atomic mass is 19.1. The number of rotatable bonds is 7. The average molecular weight is 486 g/mol. The topological polar surface area (TPSA) is 111 Å². The van der Waals surface area contributed by atoms with E-state index < -0.39 is 17.8 Å². The van der Waals surface area contributed by atoms with Crippen LogP contribution < -0.4 is 16.4 Å². The third kappa shape index (κ3) is 10.2. The molecular formula is C27H36FN3O4. The molecule has 8 heteroatoms. The summed E-state index contributed by atoms with van der Waals surface area (Å²) < 4.78 is 17.8. The second-order valence-corrected chi connectivity index (χ2v) is 9.70. The van der Waals surface area contributed by atoms with Crippen LogP contribution in [-0.4, -0.2) is 23.9 Å². The van der Waals surface area contributed by atoms with Crippen molar-refractivity contribution < 1.29 is 23.5 Å². The normalized spacial score (nSPS) is 14.6. The molecule has 4 N–H and O–H groups in total. The molecule has 0 aromatic heterocycles. The maximum absolute atomic E-state index is 12.5. The van der Waals surface area contributed by atoms with Crippen molar-refractivity contribution in [2.75, 3.05) is 0 Å². The van der Waals surface area contributed by atoms with Gasteiger partial charge in [0, 0.05) is 5.54 Å². The highest BCUT2D eigenvalue weighted by Gasteiger charge is 2.17. The number of alkyl carbamates (subject to hydrolysis) is 1. The summed E-state index contributed by atoms with van der Waals surface area (Å²) in [5.74, 6) is -0.385. The van der Waals surface area contributed by atoms with Crippen LogP contribution in [0.25, 0.3) is 0 Å². The van der Waals surface area contributed by atoms with Crippen molar-refractivity contribution in [2.24, 2.45) is 5.73 Å². The number of hydrogen-bond donors (Lipinski definition) is 3. The molecule has 1 atom stereocenters. The quantitative estimate of drug-likeness (QED) is 0.487. The molecule has 2 aromatic rings. The molecule has 1 fully saturated rings. The van der Waals surface area contributed by atoms with E-state index in [1.165, 1.54) is 61.9 Å². The van der Waals surface area contributed by atoms with E-state index in [0.717, 1.165) is 11.5 Å². The van der Waals surface area contributed by atoms with Crippen LogP contribution in [0.4, 0.5) is 9.18 Å². The van der Waals surface area contributed by atoms with Crippen LogP contribution in [0.15, 0.2) is 48.5 Å². The first-order valence-electron chi connectivity index (χ1n) is 11.9. The fourth-order valence-corrected chi connectivity index (χ4v) is 3.88. The average Bonchev–Trinajstić information content (AvgIpc) is 2.82. The maximum atomic E-state index is 12.5. The summed E-state index contributed by atoms with van der Waals surface area (Å²) in [7, 11) is 0. The van der Waals surface area contributed by atoms with Crippen molar-refractivity contribution in [1.82, 2.24) is 10.6 Å². The number of carbonyl (C=O) groups is 3. The van der Waals surface area contributed by atoms with Crippen molar-refractivity contribution in [3.05, 3.63) is 71.0 Å². The number of nitrogens with two attached hydrogens (primary N) is 1. The third-order valence-corrected chi connectivity index (χ3v) is 5.63. The van der Waals surface area contributed by atoms with Crippen molar-refractivity contribution >= 4 is 18.4 Å². The molecule has 0 aliphatic heterocycles. The molecule has 0 spiro atoms. The Morgan fingerprint density at radius 2 is 1.66 bits per heavy atom. The lowest BCUT2D eigenvalue weighted by molar-refractivity contribution is -0.122. The van der Waals surface area contributed by atoms with E-state index in [9.17, 15) is 18.8 Å². The summed E-state index contributed by atoms with van der Waals surface area (Å²) in [6.45, 7) is 6.14. The van der Waals surface area contributed by atoms with Gasteiger partial charge in [0.15, 0.2) is 0 Å². The second-order valence-electron chi connectivity index (χ2n) is 9.70. The van der Waals surface area contributed by atoms with Crippen molar-refractivity contribution in [3.63, 3.8) is 0 Å². The Morgan fingerprint density at radius 3 is 2.17 bits per heavy atom. The number of carbonyl (C=O) groups excluding carboxylic acids is 3.